The second-order valence-corrected chi connectivity index (χ2v) is 7.30. The summed E-state index contributed by atoms with van der Waals surface area (Å²) >= 11 is 0. The van der Waals surface area contributed by atoms with Gasteiger partial charge in [0.1, 0.15) is 17.3 Å². The highest BCUT2D eigenvalue weighted by Gasteiger charge is 2.31. The Morgan fingerprint density at radius 1 is 1.09 bits per heavy atom. The van der Waals surface area contributed by atoms with E-state index < -0.39 is 30.6 Å². The van der Waals surface area contributed by atoms with Crippen LogP contribution in [0.3, 0.4) is 0 Å². The van der Waals surface area contributed by atoms with Crippen LogP contribution in [0, 0.1) is 5.41 Å². The minimum atomic E-state index is -4.71. The van der Waals surface area contributed by atoms with Crippen molar-refractivity contribution in [2.75, 3.05) is 16.4 Å². The number of amides is 2. The lowest BCUT2D eigenvalue weighted by Crippen LogP contribution is -2.20. The number of halogens is 5. The van der Waals surface area contributed by atoms with Gasteiger partial charge in [0.2, 0.25) is 6.43 Å². The molecule has 3 rings (SSSR count). The number of alkyl halides is 5. The maximum absolute atomic E-state index is 13.2. The van der Waals surface area contributed by atoms with E-state index in [1.165, 1.54) is 42.6 Å². The molecule has 1 heterocycles. The monoisotopic (exact) mass is 493 g/mol. The zero-order valence-corrected chi connectivity index (χ0v) is 18.0. The third kappa shape index (κ3) is 7.13. The Balaban J connectivity index is 1.69. The summed E-state index contributed by atoms with van der Waals surface area (Å²) in [6.07, 6.45) is -5.82. The summed E-state index contributed by atoms with van der Waals surface area (Å²) in [5, 5.41) is 12.2. The van der Waals surface area contributed by atoms with Crippen molar-refractivity contribution in [1.29, 1.82) is 5.41 Å². The number of urea groups is 1. The average molecular weight is 493 g/mol. The lowest BCUT2D eigenvalue weighted by atomic mass is 10.0. The zero-order valence-electron chi connectivity index (χ0n) is 18.0. The first kappa shape index (κ1) is 25.4. The van der Waals surface area contributed by atoms with Gasteiger partial charge < -0.3 is 26.5 Å². The van der Waals surface area contributed by atoms with Gasteiger partial charge in [-0.15, -0.1) is 0 Å². The highest BCUT2D eigenvalue weighted by Crippen LogP contribution is 2.33. The number of rotatable bonds is 8. The Kier molecular flexibility index (Phi) is 7.84. The minimum Gasteiger partial charge on any atom is -0.456 e. The first-order valence-electron chi connectivity index (χ1n) is 10.2. The lowest BCUT2D eigenvalue weighted by Gasteiger charge is -2.14. The van der Waals surface area contributed by atoms with E-state index in [0.29, 0.717) is 22.7 Å². The number of aryl methyl sites for hydroxylation is 1. The fraction of sp³-hybridized carbons (Fsp3) is 0.174. The van der Waals surface area contributed by atoms with E-state index in [9.17, 15) is 26.7 Å². The molecule has 35 heavy (non-hydrogen) atoms. The van der Waals surface area contributed by atoms with Gasteiger partial charge in [-0.05, 0) is 60.5 Å². The van der Waals surface area contributed by atoms with Gasteiger partial charge in [0.05, 0.1) is 11.1 Å². The van der Waals surface area contributed by atoms with Crippen molar-refractivity contribution in [3.8, 4) is 11.5 Å². The van der Waals surface area contributed by atoms with Crippen LogP contribution in [0.4, 0.5) is 43.9 Å². The number of nitrogen functional groups attached to an aromatic ring is 1. The molecular formula is C23H20F5N5O2. The topological polar surface area (TPSA) is 113 Å². The summed E-state index contributed by atoms with van der Waals surface area (Å²) in [6, 6.07) is 9.45. The number of hydrogen-bond acceptors (Lipinski definition) is 5. The maximum Gasteiger partial charge on any atom is 0.416 e. The second-order valence-electron chi connectivity index (χ2n) is 7.30. The minimum absolute atomic E-state index is 0.0259. The highest BCUT2D eigenvalue weighted by molar-refractivity contribution is 5.99. The van der Waals surface area contributed by atoms with Crippen LogP contribution in [0.25, 0.3) is 0 Å². The highest BCUT2D eigenvalue weighted by atomic mass is 19.4. The van der Waals surface area contributed by atoms with E-state index in [-0.39, 0.29) is 23.5 Å². The smallest absolute Gasteiger partial charge is 0.416 e. The summed E-state index contributed by atoms with van der Waals surface area (Å²) in [5.41, 5.74) is 5.10. The molecule has 0 fully saturated rings. The largest absolute Gasteiger partial charge is 0.456 e. The van der Waals surface area contributed by atoms with E-state index in [4.69, 9.17) is 15.9 Å². The Morgan fingerprint density at radius 2 is 1.77 bits per heavy atom. The Hall–Kier alpha value is -4.22. The van der Waals surface area contributed by atoms with Crippen LogP contribution in [0.15, 0.2) is 54.7 Å². The number of carbonyl (C=O) groups is 1. The fourth-order valence-electron chi connectivity index (χ4n) is 3.08. The standard InChI is InChI=1S/C23H20F5N5O2/c24-20(25)6-1-13-9-14(23(26,27)28)11-16(10-13)33-22(34)32-15-2-4-17(5-3-15)35-19-7-8-31-21(30)18(19)12-29/h2-5,7-12,20,29H,1,6H2,(H2,30,31)(H2,32,33,34). The number of nitrogens with two attached hydrogens (primary N) is 1. The van der Waals surface area contributed by atoms with Crippen molar-refractivity contribution in [3.63, 3.8) is 0 Å². The van der Waals surface area contributed by atoms with Crippen molar-refractivity contribution in [2.45, 2.75) is 25.4 Å². The van der Waals surface area contributed by atoms with Crippen molar-refractivity contribution in [2.24, 2.45) is 0 Å². The third-order valence-corrected chi connectivity index (χ3v) is 4.69. The van der Waals surface area contributed by atoms with Crippen LogP contribution in [-0.4, -0.2) is 23.7 Å². The summed E-state index contributed by atoms with van der Waals surface area (Å²) in [4.78, 5) is 16.2. The number of carbonyl (C=O) groups excluding carboxylic acids is 1. The van der Waals surface area contributed by atoms with E-state index in [0.717, 1.165) is 18.3 Å². The number of hydrogen-bond donors (Lipinski definition) is 4. The molecule has 0 unspecified atom stereocenters. The quantitative estimate of drug-likeness (QED) is 0.217. The molecule has 0 saturated carbocycles. The summed E-state index contributed by atoms with van der Waals surface area (Å²) in [7, 11) is 0. The first-order valence-corrected chi connectivity index (χ1v) is 10.2. The molecule has 0 aliphatic rings. The zero-order chi connectivity index (χ0) is 25.6. The van der Waals surface area contributed by atoms with Gasteiger partial charge in [-0.3, -0.25) is 0 Å². The number of nitrogens with zero attached hydrogens (tertiary/aromatic N) is 1. The molecular weight excluding hydrogens is 473 g/mol. The molecule has 0 spiro atoms. The van der Waals surface area contributed by atoms with Crippen LogP contribution in [-0.2, 0) is 12.6 Å². The van der Waals surface area contributed by atoms with E-state index in [1.54, 1.807) is 0 Å². The third-order valence-electron chi connectivity index (χ3n) is 4.69. The van der Waals surface area contributed by atoms with Gasteiger partial charge in [0.15, 0.2) is 0 Å². The molecule has 3 aromatic rings. The van der Waals surface area contributed by atoms with Gasteiger partial charge in [-0.1, -0.05) is 0 Å². The SMILES string of the molecule is N=Cc1c(Oc2ccc(NC(=O)Nc3cc(CCC(F)F)cc(C(F)(F)F)c3)cc2)ccnc1N. The predicted octanol–water partition coefficient (Wildman–Crippen LogP) is 6.31. The number of aromatic nitrogens is 1. The molecule has 0 aliphatic carbocycles. The molecule has 1 aromatic heterocycles. The molecule has 0 bridgehead atoms. The molecule has 7 nitrogen and oxygen atoms in total. The molecule has 0 saturated heterocycles. The molecule has 5 N–H and O–H groups in total. The van der Waals surface area contributed by atoms with E-state index in [2.05, 4.69) is 15.6 Å². The number of anilines is 3. The van der Waals surface area contributed by atoms with Crippen molar-refractivity contribution in [1.82, 2.24) is 4.98 Å². The second kappa shape index (κ2) is 10.8. The van der Waals surface area contributed by atoms with Crippen LogP contribution in [0.2, 0.25) is 0 Å². The Morgan fingerprint density at radius 3 is 2.40 bits per heavy atom. The van der Waals surface area contributed by atoms with Crippen molar-refractivity contribution in [3.05, 3.63) is 71.4 Å². The van der Waals surface area contributed by atoms with E-state index >= 15 is 0 Å². The number of benzene rings is 2. The Bertz CT molecular complexity index is 1200. The molecule has 2 aromatic carbocycles. The van der Waals surface area contributed by atoms with Gasteiger partial charge in [-0.2, -0.15) is 13.2 Å². The lowest BCUT2D eigenvalue weighted by molar-refractivity contribution is -0.137. The number of nitrogens with one attached hydrogen (secondary N) is 3. The number of ether oxygens (including phenoxy) is 1. The van der Waals surface area contributed by atoms with Crippen molar-refractivity contribution >= 4 is 29.4 Å². The summed E-state index contributed by atoms with van der Waals surface area (Å²) in [6.45, 7) is 0. The molecule has 2 amide bonds. The molecule has 0 radical (unpaired) electrons. The van der Waals surface area contributed by atoms with Crippen LogP contribution in [0.1, 0.15) is 23.1 Å². The van der Waals surface area contributed by atoms with Crippen LogP contribution < -0.4 is 21.1 Å². The van der Waals surface area contributed by atoms with Crippen LogP contribution >= 0.6 is 0 Å². The number of pyridine rings is 1. The van der Waals surface area contributed by atoms with Gasteiger partial charge >= 0.3 is 12.2 Å². The van der Waals surface area contributed by atoms with E-state index in [1.807, 2.05) is 0 Å². The Labute approximate surface area is 196 Å². The maximum atomic E-state index is 13.2. The fourth-order valence-corrected chi connectivity index (χ4v) is 3.08. The summed E-state index contributed by atoms with van der Waals surface area (Å²) in [5.74, 6) is 0.795. The van der Waals surface area contributed by atoms with Crippen molar-refractivity contribution < 1.29 is 31.5 Å². The van der Waals surface area contributed by atoms with Gasteiger partial charge in [-0.25, -0.2) is 18.6 Å². The van der Waals surface area contributed by atoms with Crippen LogP contribution in [0.5, 0.6) is 11.5 Å². The molecule has 0 aliphatic heterocycles. The normalized spacial score (nSPS) is 11.3. The summed E-state index contributed by atoms with van der Waals surface area (Å²) < 4.78 is 70.2. The molecule has 0 atom stereocenters. The predicted molar refractivity (Wildman–Crippen MR) is 121 cm³/mol. The molecule has 12 heteroatoms. The first-order chi connectivity index (χ1) is 16.5. The van der Waals surface area contributed by atoms with Gasteiger partial charge in [0, 0.05) is 30.2 Å². The average Bonchev–Trinajstić information content (AvgIpc) is 2.78. The molecule has 184 valence electrons. The van der Waals surface area contributed by atoms with Gasteiger partial charge in [0.25, 0.3) is 0 Å².